The molecule has 0 spiro atoms. The number of esters is 1. The summed E-state index contributed by atoms with van der Waals surface area (Å²) in [6.45, 7) is 2.03. The van der Waals surface area contributed by atoms with E-state index in [0.717, 1.165) is 23.1 Å². The Labute approximate surface area is 129 Å². The zero-order chi connectivity index (χ0) is 15.5. The van der Waals surface area contributed by atoms with Gasteiger partial charge in [0.1, 0.15) is 6.10 Å². The van der Waals surface area contributed by atoms with Gasteiger partial charge in [-0.15, -0.1) is 0 Å². The zero-order valence-corrected chi connectivity index (χ0v) is 12.7. The molecule has 114 valence electrons. The molecule has 0 bridgehead atoms. The third-order valence-electron chi connectivity index (χ3n) is 3.72. The molecular weight excluding hydrogens is 280 g/mol. The van der Waals surface area contributed by atoms with Gasteiger partial charge in [0.25, 0.3) is 0 Å². The summed E-state index contributed by atoms with van der Waals surface area (Å²) in [6, 6.07) is 13.8. The summed E-state index contributed by atoms with van der Waals surface area (Å²) in [7, 11) is 1.57. The second-order valence-corrected chi connectivity index (χ2v) is 5.21. The topological polar surface area (TPSA) is 44.8 Å². The van der Waals surface area contributed by atoms with Crippen molar-refractivity contribution in [2.75, 3.05) is 13.7 Å². The highest BCUT2D eigenvalue weighted by molar-refractivity contribution is 5.71. The van der Waals surface area contributed by atoms with Gasteiger partial charge in [-0.2, -0.15) is 0 Å². The Morgan fingerprint density at radius 3 is 2.64 bits per heavy atom. The van der Waals surface area contributed by atoms with E-state index in [9.17, 15) is 4.79 Å². The molecular formula is C18H18O4. The van der Waals surface area contributed by atoms with Crippen LogP contribution in [0.5, 0.6) is 11.5 Å². The van der Waals surface area contributed by atoms with Crippen LogP contribution in [0.1, 0.15) is 29.7 Å². The molecule has 0 saturated heterocycles. The highest BCUT2D eigenvalue weighted by atomic mass is 16.6. The van der Waals surface area contributed by atoms with Crippen LogP contribution in [-0.4, -0.2) is 19.7 Å². The van der Waals surface area contributed by atoms with E-state index in [1.165, 1.54) is 6.92 Å². The summed E-state index contributed by atoms with van der Waals surface area (Å²) in [5, 5.41) is 0. The molecule has 1 unspecified atom stereocenters. The van der Waals surface area contributed by atoms with Crippen LogP contribution >= 0.6 is 0 Å². The lowest BCUT2D eigenvalue weighted by atomic mass is 9.92. The van der Waals surface area contributed by atoms with E-state index in [1.54, 1.807) is 7.11 Å². The first-order chi connectivity index (χ1) is 10.7. The summed E-state index contributed by atoms with van der Waals surface area (Å²) < 4.78 is 16.5. The van der Waals surface area contributed by atoms with Crippen LogP contribution < -0.4 is 9.47 Å². The van der Waals surface area contributed by atoms with Crippen molar-refractivity contribution >= 4 is 5.97 Å². The van der Waals surface area contributed by atoms with Crippen molar-refractivity contribution in [3.05, 3.63) is 59.2 Å². The molecule has 1 aliphatic heterocycles. The van der Waals surface area contributed by atoms with E-state index in [4.69, 9.17) is 14.2 Å². The Hall–Kier alpha value is -2.33. The number of methoxy groups -OCH3 is 1. The Morgan fingerprint density at radius 1 is 1.18 bits per heavy atom. The minimum absolute atomic E-state index is 0.148. The number of hydrogen-bond donors (Lipinski definition) is 0. The molecule has 4 nitrogen and oxygen atoms in total. The second kappa shape index (κ2) is 6.20. The SMILES string of the molecule is COc1cc2c(cc1OC(C)=O)C(c1ccccc1)OCC2. The quantitative estimate of drug-likeness (QED) is 0.644. The van der Waals surface area contributed by atoms with E-state index in [2.05, 4.69) is 0 Å². The monoisotopic (exact) mass is 298 g/mol. The molecule has 1 heterocycles. The van der Waals surface area contributed by atoms with Crippen molar-refractivity contribution in [1.29, 1.82) is 0 Å². The maximum absolute atomic E-state index is 11.3. The molecule has 22 heavy (non-hydrogen) atoms. The van der Waals surface area contributed by atoms with Crippen LogP contribution in [0.4, 0.5) is 0 Å². The number of benzene rings is 2. The number of carbonyl (C=O) groups excluding carboxylic acids is 1. The molecule has 1 aliphatic rings. The zero-order valence-electron chi connectivity index (χ0n) is 12.7. The van der Waals surface area contributed by atoms with E-state index in [0.29, 0.717) is 18.1 Å². The van der Waals surface area contributed by atoms with Gasteiger partial charge in [-0.3, -0.25) is 4.79 Å². The Morgan fingerprint density at radius 2 is 1.95 bits per heavy atom. The van der Waals surface area contributed by atoms with Gasteiger partial charge in [-0.05, 0) is 35.2 Å². The fourth-order valence-electron chi connectivity index (χ4n) is 2.75. The van der Waals surface area contributed by atoms with Gasteiger partial charge >= 0.3 is 5.97 Å². The van der Waals surface area contributed by atoms with Crippen LogP contribution in [0, 0.1) is 0 Å². The summed E-state index contributed by atoms with van der Waals surface area (Å²) >= 11 is 0. The highest BCUT2D eigenvalue weighted by Crippen LogP contribution is 2.39. The van der Waals surface area contributed by atoms with Crippen molar-refractivity contribution in [2.45, 2.75) is 19.4 Å². The largest absolute Gasteiger partial charge is 0.493 e. The number of hydrogen-bond acceptors (Lipinski definition) is 4. The summed E-state index contributed by atoms with van der Waals surface area (Å²) in [5.74, 6) is 0.633. The van der Waals surface area contributed by atoms with Gasteiger partial charge in [0, 0.05) is 6.92 Å². The predicted octanol–water partition coefficient (Wildman–Crippen LogP) is 3.28. The average molecular weight is 298 g/mol. The number of ether oxygens (including phenoxy) is 3. The van der Waals surface area contributed by atoms with E-state index in [-0.39, 0.29) is 12.1 Å². The third-order valence-corrected chi connectivity index (χ3v) is 3.72. The van der Waals surface area contributed by atoms with E-state index >= 15 is 0 Å². The molecule has 0 amide bonds. The summed E-state index contributed by atoms with van der Waals surface area (Å²) in [5.41, 5.74) is 3.27. The first kappa shape index (κ1) is 14.6. The maximum atomic E-state index is 11.3. The first-order valence-corrected chi connectivity index (χ1v) is 7.25. The normalized spacial score (nSPS) is 16.7. The number of rotatable bonds is 3. The standard InChI is InChI=1S/C18H18O4/c1-12(19)22-17-11-15-14(10-16(17)20-2)8-9-21-18(15)13-6-4-3-5-7-13/h3-7,10-11,18H,8-9H2,1-2H3. The minimum Gasteiger partial charge on any atom is -0.493 e. The van der Waals surface area contributed by atoms with Crippen molar-refractivity contribution in [1.82, 2.24) is 0 Å². The van der Waals surface area contributed by atoms with Gasteiger partial charge in [-0.25, -0.2) is 0 Å². The minimum atomic E-state index is -0.369. The Kier molecular flexibility index (Phi) is 4.11. The van der Waals surface area contributed by atoms with Gasteiger partial charge < -0.3 is 14.2 Å². The van der Waals surface area contributed by atoms with Crippen molar-refractivity contribution in [2.24, 2.45) is 0 Å². The average Bonchev–Trinajstić information content (AvgIpc) is 2.54. The molecule has 4 heteroatoms. The molecule has 3 rings (SSSR count). The van der Waals surface area contributed by atoms with Crippen LogP contribution in [-0.2, 0) is 16.0 Å². The Balaban J connectivity index is 2.07. The number of carbonyl (C=O) groups is 1. The van der Waals surface area contributed by atoms with Crippen molar-refractivity contribution in [3.63, 3.8) is 0 Å². The molecule has 0 N–H and O–H groups in total. The second-order valence-electron chi connectivity index (χ2n) is 5.21. The van der Waals surface area contributed by atoms with Gasteiger partial charge in [-0.1, -0.05) is 30.3 Å². The van der Waals surface area contributed by atoms with Crippen LogP contribution in [0.3, 0.4) is 0 Å². The Bertz CT molecular complexity index is 679. The van der Waals surface area contributed by atoms with Crippen LogP contribution in [0.25, 0.3) is 0 Å². The molecule has 0 aromatic heterocycles. The maximum Gasteiger partial charge on any atom is 0.308 e. The lowest BCUT2D eigenvalue weighted by Gasteiger charge is -2.27. The molecule has 0 fully saturated rings. The molecule has 2 aromatic rings. The third kappa shape index (κ3) is 2.83. The molecule has 0 saturated carbocycles. The lowest BCUT2D eigenvalue weighted by Crippen LogP contribution is -2.18. The predicted molar refractivity (Wildman–Crippen MR) is 82.2 cm³/mol. The smallest absolute Gasteiger partial charge is 0.308 e. The van der Waals surface area contributed by atoms with Crippen LogP contribution in [0.2, 0.25) is 0 Å². The molecule has 2 aromatic carbocycles. The van der Waals surface area contributed by atoms with Crippen LogP contribution in [0.15, 0.2) is 42.5 Å². The fourth-order valence-corrected chi connectivity index (χ4v) is 2.75. The number of fused-ring (bicyclic) bond motifs is 1. The summed E-state index contributed by atoms with van der Waals surface area (Å²) in [4.78, 5) is 11.3. The van der Waals surface area contributed by atoms with E-state index < -0.39 is 0 Å². The van der Waals surface area contributed by atoms with E-state index in [1.807, 2.05) is 42.5 Å². The first-order valence-electron chi connectivity index (χ1n) is 7.25. The molecule has 0 aliphatic carbocycles. The van der Waals surface area contributed by atoms with Gasteiger partial charge in [0.2, 0.25) is 0 Å². The molecule has 1 atom stereocenters. The van der Waals surface area contributed by atoms with Crippen molar-refractivity contribution < 1.29 is 19.0 Å². The lowest BCUT2D eigenvalue weighted by molar-refractivity contribution is -0.132. The highest BCUT2D eigenvalue weighted by Gasteiger charge is 2.25. The van der Waals surface area contributed by atoms with Gasteiger partial charge in [0.05, 0.1) is 13.7 Å². The summed E-state index contributed by atoms with van der Waals surface area (Å²) in [6.07, 6.45) is 0.667. The fraction of sp³-hybridized carbons (Fsp3) is 0.278. The van der Waals surface area contributed by atoms with Gasteiger partial charge in [0.15, 0.2) is 11.5 Å². The van der Waals surface area contributed by atoms with Crippen molar-refractivity contribution in [3.8, 4) is 11.5 Å². The molecule has 0 radical (unpaired) electrons.